The lowest BCUT2D eigenvalue weighted by atomic mass is 9.32. The van der Waals surface area contributed by atoms with Crippen LogP contribution in [0.1, 0.15) is 62.1 Å². The lowest BCUT2D eigenvalue weighted by Crippen LogP contribution is -2.83. The summed E-state index contributed by atoms with van der Waals surface area (Å²) < 4.78 is 26.4. The average molecular weight is 516 g/mol. The van der Waals surface area contributed by atoms with Crippen molar-refractivity contribution in [1.82, 2.24) is 4.90 Å². The van der Waals surface area contributed by atoms with Crippen molar-refractivity contribution in [2.45, 2.75) is 81.6 Å². The van der Waals surface area contributed by atoms with Gasteiger partial charge in [0.05, 0.1) is 20.3 Å². The zero-order valence-electron chi connectivity index (χ0n) is 23.1. The van der Waals surface area contributed by atoms with Crippen LogP contribution in [0.15, 0.2) is 42.5 Å². The van der Waals surface area contributed by atoms with Gasteiger partial charge in [-0.2, -0.15) is 0 Å². The summed E-state index contributed by atoms with van der Waals surface area (Å²) >= 11 is 0. The predicted molar refractivity (Wildman–Crippen MR) is 146 cm³/mol. The molecule has 0 radical (unpaired) electrons. The largest absolute Gasteiger partial charge is 0.493 e. The number of methoxy groups -OCH3 is 2. The number of piperidine rings is 1. The Bertz CT molecular complexity index is 1260. The Morgan fingerprint density at radius 2 is 1.87 bits per heavy atom. The van der Waals surface area contributed by atoms with Gasteiger partial charge < -0.3 is 18.9 Å². The van der Waals surface area contributed by atoms with Gasteiger partial charge in [0.1, 0.15) is 11.7 Å². The lowest BCUT2D eigenvalue weighted by molar-refractivity contribution is -0.314. The molecule has 38 heavy (non-hydrogen) atoms. The Hall–Kier alpha value is -2.08. The maximum Gasteiger partial charge on any atom is 0.165 e. The molecule has 6 atom stereocenters. The quantitative estimate of drug-likeness (QED) is 0.463. The summed E-state index contributed by atoms with van der Waals surface area (Å²) in [5.41, 5.74) is 3.80. The first-order valence-electron chi connectivity index (χ1n) is 14.8. The molecule has 0 amide bonds. The van der Waals surface area contributed by atoms with E-state index in [2.05, 4.69) is 54.3 Å². The number of hydrogen-bond donors (Lipinski definition) is 0. The van der Waals surface area contributed by atoms with Gasteiger partial charge in [-0.3, -0.25) is 4.90 Å². The predicted octanol–water partition coefficient (Wildman–Crippen LogP) is 5.53. The van der Waals surface area contributed by atoms with Crippen LogP contribution < -0.4 is 9.47 Å². The van der Waals surface area contributed by atoms with E-state index in [1.54, 1.807) is 7.11 Å². The van der Waals surface area contributed by atoms with Crippen LogP contribution in [0.2, 0.25) is 0 Å². The second-order valence-electron chi connectivity index (χ2n) is 13.5. The number of benzene rings is 2. The topological polar surface area (TPSA) is 40.2 Å². The highest BCUT2D eigenvalue weighted by molar-refractivity contribution is 5.64. The zero-order chi connectivity index (χ0) is 25.8. The minimum absolute atomic E-state index is 0.0104. The van der Waals surface area contributed by atoms with Gasteiger partial charge in [-0.15, -0.1) is 0 Å². The van der Waals surface area contributed by atoms with Crippen molar-refractivity contribution in [3.05, 3.63) is 59.2 Å². The summed E-state index contributed by atoms with van der Waals surface area (Å²) in [7, 11) is 3.71. The van der Waals surface area contributed by atoms with Gasteiger partial charge in [0.2, 0.25) is 0 Å². The fourth-order valence-electron chi connectivity index (χ4n) is 10.3. The molecule has 0 N–H and O–H groups in total. The summed E-state index contributed by atoms with van der Waals surface area (Å²) in [5, 5.41) is 0. The molecule has 2 aliphatic heterocycles. The van der Waals surface area contributed by atoms with Crippen LogP contribution in [0.3, 0.4) is 0 Å². The molecular formula is C33H41NO4. The summed E-state index contributed by atoms with van der Waals surface area (Å²) in [6, 6.07) is 15.6. The number of hydrogen-bond acceptors (Lipinski definition) is 5. The number of ether oxygens (including phenoxy) is 4. The summed E-state index contributed by atoms with van der Waals surface area (Å²) in [6.07, 6.45) is 8.44. The number of nitrogens with zero attached hydrogens (tertiary/aromatic N) is 1. The average Bonchev–Trinajstić information content (AvgIpc) is 3.68. The summed E-state index contributed by atoms with van der Waals surface area (Å²) in [5.74, 6) is 2.79. The van der Waals surface area contributed by atoms with Crippen molar-refractivity contribution in [2.24, 2.45) is 16.7 Å². The summed E-state index contributed by atoms with van der Waals surface area (Å²) in [6.45, 7) is 6.19. The Kier molecular flexibility index (Phi) is 5.00. The molecule has 4 saturated carbocycles. The molecule has 1 saturated heterocycles. The lowest BCUT2D eigenvalue weighted by Gasteiger charge is -2.76. The van der Waals surface area contributed by atoms with Crippen molar-refractivity contribution in [3.63, 3.8) is 0 Å². The molecule has 9 rings (SSSR count). The van der Waals surface area contributed by atoms with Crippen LogP contribution in [0.25, 0.3) is 0 Å². The highest BCUT2D eigenvalue weighted by atomic mass is 16.6. The standard InChI is InChI=1S/C33H41NO4/c1-30(21-37-19-23-7-5-4-6-8-23)20-31-13-14-33(30,36-3)29-32(31)15-16-34(18-22-9-10-22)26(31)17-24-11-12-25(35-2)28(38-29)27(24)32/h4-8,11-12,22,26,29H,9-10,13-21H2,1-3H3/t26-,29-,30-,31?,32+,33?/m1/s1. The zero-order valence-corrected chi connectivity index (χ0v) is 23.1. The first-order valence-corrected chi connectivity index (χ1v) is 14.8. The number of fused-ring (bicyclic) bond motifs is 2. The van der Waals surface area contributed by atoms with Crippen LogP contribution in [0, 0.1) is 16.7 Å². The Labute approximate surface area is 226 Å². The van der Waals surface area contributed by atoms with Crippen molar-refractivity contribution < 1.29 is 18.9 Å². The Morgan fingerprint density at radius 3 is 2.63 bits per heavy atom. The van der Waals surface area contributed by atoms with Gasteiger partial charge in [-0.05, 0) is 74.6 Å². The van der Waals surface area contributed by atoms with Gasteiger partial charge in [0.25, 0.3) is 0 Å². The molecule has 4 bridgehead atoms. The molecule has 2 spiro atoms. The molecule has 2 heterocycles. The third-order valence-electron chi connectivity index (χ3n) is 11.9. The van der Waals surface area contributed by atoms with E-state index in [4.69, 9.17) is 18.9 Å². The van der Waals surface area contributed by atoms with Crippen molar-refractivity contribution >= 4 is 0 Å². The maximum atomic E-state index is 7.19. The first kappa shape index (κ1) is 23.8. The van der Waals surface area contributed by atoms with Crippen LogP contribution in [0.4, 0.5) is 0 Å². The van der Waals surface area contributed by atoms with E-state index in [1.165, 1.54) is 49.0 Å². The van der Waals surface area contributed by atoms with Crippen LogP contribution >= 0.6 is 0 Å². The van der Waals surface area contributed by atoms with E-state index >= 15 is 0 Å². The number of rotatable bonds is 8. The SMILES string of the molecule is COc1ccc2c3c1O[C@H]1C4(OC)CCC5(C[C@]4(C)COCc4ccccc4)[C@@H](C2)N(CC2CC2)CC[C@]315. The molecule has 5 fully saturated rings. The van der Waals surface area contributed by atoms with Crippen molar-refractivity contribution in [2.75, 3.05) is 33.9 Å². The smallest absolute Gasteiger partial charge is 0.165 e. The normalized spacial score (nSPS) is 40.1. The molecule has 7 aliphatic rings. The second kappa shape index (κ2) is 7.99. The molecule has 5 nitrogen and oxygen atoms in total. The first-order chi connectivity index (χ1) is 18.5. The third kappa shape index (κ3) is 2.78. The monoisotopic (exact) mass is 515 g/mol. The van der Waals surface area contributed by atoms with Crippen molar-refractivity contribution in [1.29, 1.82) is 0 Å². The minimum Gasteiger partial charge on any atom is -0.493 e. The van der Waals surface area contributed by atoms with Crippen molar-refractivity contribution in [3.8, 4) is 11.5 Å². The van der Waals surface area contributed by atoms with Crippen LogP contribution in [-0.2, 0) is 27.9 Å². The van der Waals surface area contributed by atoms with Gasteiger partial charge >= 0.3 is 0 Å². The molecule has 2 aromatic carbocycles. The van der Waals surface area contributed by atoms with E-state index in [-0.39, 0.29) is 22.3 Å². The highest BCUT2D eigenvalue weighted by Crippen LogP contribution is 2.79. The minimum atomic E-state index is -0.396. The van der Waals surface area contributed by atoms with E-state index in [1.807, 2.05) is 7.11 Å². The fourth-order valence-corrected chi connectivity index (χ4v) is 10.3. The highest BCUT2D eigenvalue weighted by Gasteiger charge is 2.83. The molecule has 202 valence electrons. The molecule has 2 unspecified atom stereocenters. The molecule has 2 aromatic rings. The molecular weight excluding hydrogens is 474 g/mol. The van der Waals surface area contributed by atoms with E-state index in [0.29, 0.717) is 19.3 Å². The van der Waals surface area contributed by atoms with Gasteiger partial charge in [0.15, 0.2) is 11.5 Å². The maximum absolute atomic E-state index is 7.19. The van der Waals surface area contributed by atoms with Crippen LogP contribution in [-0.4, -0.2) is 56.6 Å². The van der Waals surface area contributed by atoms with E-state index in [9.17, 15) is 0 Å². The molecule has 5 heteroatoms. The van der Waals surface area contributed by atoms with E-state index in [0.717, 1.165) is 43.1 Å². The Morgan fingerprint density at radius 1 is 1.03 bits per heavy atom. The number of likely N-dealkylation sites (tertiary alicyclic amines) is 1. The second-order valence-corrected chi connectivity index (χ2v) is 13.5. The van der Waals surface area contributed by atoms with Gasteiger partial charge in [0, 0.05) is 41.5 Å². The summed E-state index contributed by atoms with van der Waals surface area (Å²) in [4.78, 5) is 2.90. The van der Waals surface area contributed by atoms with Crippen LogP contribution in [0.5, 0.6) is 11.5 Å². The van der Waals surface area contributed by atoms with E-state index < -0.39 is 5.60 Å². The third-order valence-corrected chi connectivity index (χ3v) is 11.9. The van der Waals surface area contributed by atoms with Gasteiger partial charge in [-0.25, -0.2) is 0 Å². The Balaban J connectivity index is 1.25. The molecule has 5 aliphatic carbocycles. The fraction of sp³-hybridized carbons (Fsp3) is 0.636. The molecule has 0 aromatic heterocycles. The van der Waals surface area contributed by atoms with Gasteiger partial charge in [-0.1, -0.05) is 43.3 Å².